The zero-order valence-corrected chi connectivity index (χ0v) is 11.3. The van der Waals surface area contributed by atoms with Crippen molar-refractivity contribution in [1.82, 2.24) is 4.98 Å². The van der Waals surface area contributed by atoms with Gasteiger partial charge in [0.15, 0.2) is 0 Å². The first-order chi connectivity index (χ1) is 9.08. The fourth-order valence-corrected chi connectivity index (χ4v) is 1.94. The van der Waals surface area contributed by atoms with Crippen molar-refractivity contribution in [2.45, 2.75) is 6.54 Å². The molecule has 98 valence electrons. The van der Waals surface area contributed by atoms with Gasteiger partial charge in [-0.3, -0.25) is 4.98 Å². The van der Waals surface area contributed by atoms with Gasteiger partial charge in [0.25, 0.3) is 0 Å². The van der Waals surface area contributed by atoms with Gasteiger partial charge in [-0.15, -0.1) is 0 Å². The average Bonchev–Trinajstić information content (AvgIpc) is 2.40. The molecule has 2 rings (SSSR count). The summed E-state index contributed by atoms with van der Waals surface area (Å²) in [5, 5.41) is 12.0. The molecule has 19 heavy (non-hydrogen) atoms. The maximum Gasteiger partial charge on any atom is 0.337 e. The zero-order valence-electron chi connectivity index (χ0n) is 9.73. The molecule has 0 bridgehead atoms. The summed E-state index contributed by atoms with van der Waals surface area (Å²) in [7, 11) is 0. The first-order valence-corrected chi connectivity index (χ1v) is 6.23. The van der Waals surface area contributed by atoms with Crippen LogP contribution >= 0.6 is 15.9 Å². The standard InChI is InChI=1S/C13H10BrFN2O2/c14-10-6-8(3-4-11(10)15)17-7-12-9(13(18)19)2-1-5-16-12/h1-6,17H,7H2,(H,18,19). The van der Waals surface area contributed by atoms with Crippen LogP contribution in [0.2, 0.25) is 0 Å². The molecule has 0 atom stereocenters. The molecule has 0 amide bonds. The van der Waals surface area contributed by atoms with Gasteiger partial charge in [-0.2, -0.15) is 0 Å². The minimum Gasteiger partial charge on any atom is -0.478 e. The third-order valence-electron chi connectivity index (χ3n) is 2.50. The molecular weight excluding hydrogens is 315 g/mol. The lowest BCUT2D eigenvalue weighted by molar-refractivity contribution is 0.0695. The number of carbonyl (C=O) groups is 1. The molecule has 2 N–H and O–H groups in total. The van der Waals surface area contributed by atoms with Crippen molar-refractivity contribution >= 4 is 27.6 Å². The Kier molecular flexibility index (Phi) is 4.11. The third-order valence-corrected chi connectivity index (χ3v) is 3.11. The first kappa shape index (κ1) is 13.5. The number of hydrogen-bond donors (Lipinski definition) is 2. The molecule has 1 aromatic carbocycles. The Morgan fingerprint density at radius 1 is 1.42 bits per heavy atom. The van der Waals surface area contributed by atoms with Crippen LogP contribution in [-0.4, -0.2) is 16.1 Å². The second kappa shape index (κ2) is 5.79. The number of carboxylic acid groups (broad SMARTS) is 1. The minimum atomic E-state index is -1.02. The quantitative estimate of drug-likeness (QED) is 0.905. The molecular formula is C13H10BrFN2O2. The van der Waals surface area contributed by atoms with Gasteiger partial charge in [-0.1, -0.05) is 0 Å². The molecule has 6 heteroatoms. The number of nitrogens with one attached hydrogen (secondary N) is 1. The van der Waals surface area contributed by atoms with E-state index in [4.69, 9.17) is 5.11 Å². The van der Waals surface area contributed by atoms with Gasteiger partial charge in [0.1, 0.15) is 5.82 Å². The normalized spacial score (nSPS) is 10.2. The fourth-order valence-electron chi connectivity index (χ4n) is 1.57. The van der Waals surface area contributed by atoms with Crippen LogP contribution in [-0.2, 0) is 6.54 Å². The Labute approximate surface area is 117 Å². The number of aromatic nitrogens is 1. The second-order valence-electron chi connectivity index (χ2n) is 3.79. The summed E-state index contributed by atoms with van der Waals surface area (Å²) in [6, 6.07) is 7.54. The van der Waals surface area contributed by atoms with Gasteiger partial charge >= 0.3 is 5.97 Å². The van der Waals surface area contributed by atoms with E-state index >= 15 is 0 Å². The number of carboxylic acids is 1. The summed E-state index contributed by atoms with van der Waals surface area (Å²) in [4.78, 5) is 15.0. The highest BCUT2D eigenvalue weighted by molar-refractivity contribution is 9.10. The molecule has 0 aliphatic rings. The Morgan fingerprint density at radius 2 is 2.21 bits per heavy atom. The summed E-state index contributed by atoms with van der Waals surface area (Å²) >= 11 is 3.09. The lowest BCUT2D eigenvalue weighted by atomic mass is 10.2. The van der Waals surface area contributed by atoms with Crippen LogP contribution in [0.25, 0.3) is 0 Å². The van der Waals surface area contributed by atoms with Crippen molar-refractivity contribution in [1.29, 1.82) is 0 Å². The highest BCUT2D eigenvalue weighted by atomic mass is 79.9. The molecule has 2 aromatic rings. The predicted octanol–water partition coefficient (Wildman–Crippen LogP) is 3.29. The van der Waals surface area contributed by atoms with E-state index < -0.39 is 5.97 Å². The highest BCUT2D eigenvalue weighted by Crippen LogP contribution is 2.20. The summed E-state index contributed by atoms with van der Waals surface area (Å²) in [5.41, 5.74) is 1.25. The number of rotatable bonds is 4. The van der Waals surface area contributed by atoms with E-state index in [1.807, 2.05) is 0 Å². The van der Waals surface area contributed by atoms with Crippen LogP contribution in [0, 0.1) is 5.82 Å². The molecule has 0 saturated carbocycles. The Bertz CT molecular complexity index is 619. The summed E-state index contributed by atoms with van der Waals surface area (Å²) < 4.78 is 13.4. The number of hydrogen-bond acceptors (Lipinski definition) is 3. The Hall–Kier alpha value is -1.95. The topological polar surface area (TPSA) is 62.2 Å². The first-order valence-electron chi connectivity index (χ1n) is 5.44. The van der Waals surface area contributed by atoms with Crippen LogP contribution < -0.4 is 5.32 Å². The maximum atomic E-state index is 13.1. The number of anilines is 1. The number of pyridine rings is 1. The van der Waals surface area contributed by atoms with Crippen molar-refractivity contribution < 1.29 is 14.3 Å². The molecule has 0 spiro atoms. The van der Waals surface area contributed by atoms with Crippen LogP contribution in [0.3, 0.4) is 0 Å². The van der Waals surface area contributed by atoms with E-state index in [0.717, 1.165) is 0 Å². The van der Waals surface area contributed by atoms with Gasteiger partial charge < -0.3 is 10.4 Å². The molecule has 0 radical (unpaired) electrons. The lowest BCUT2D eigenvalue weighted by Crippen LogP contribution is -2.09. The molecule has 1 heterocycles. The van der Waals surface area contributed by atoms with Gasteiger partial charge in [0, 0.05) is 11.9 Å². The van der Waals surface area contributed by atoms with Gasteiger partial charge in [-0.05, 0) is 46.3 Å². The molecule has 0 aliphatic carbocycles. The van der Waals surface area contributed by atoms with Gasteiger partial charge in [-0.25, -0.2) is 9.18 Å². The molecule has 0 fully saturated rings. The number of halogens is 2. The van der Waals surface area contributed by atoms with Crippen LogP contribution in [0.5, 0.6) is 0 Å². The average molecular weight is 325 g/mol. The lowest BCUT2D eigenvalue weighted by Gasteiger charge is -2.08. The largest absolute Gasteiger partial charge is 0.478 e. The zero-order chi connectivity index (χ0) is 13.8. The van der Waals surface area contributed by atoms with E-state index in [-0.39, 0.29) is 17.9 Å². The van der Waals surface area contributed by atoms with E-state index in [2.05, 4.69) is 26.2 Å². The predicted molar refractivity (Wildman–Crippen MR) is 72.6 cm³/mol. The van der Waals surface area contributed by atoms with Crippen molar-refractivity contribution in [3.05, 3.63) is 58.1 Å². The molecule has 4 nitrogen and oxygen atoms in total. The minimum absolute atomic E-state index is 0.149. The number of aromatic carboxylic acids is 1. The van der Waals surface area contributed by atoms with Crippen molar-refractivity contribution in [3.63, 3.8) is 0 Å². The van der Waals surface area contributed by atoms with Crippen LogP contribution in [0.15, 0.2) is 41.0 Å². The summed E-state index contributed by atoms with van der Waals surface area (Å²) in [6.07, 6.45) is 1.53. The smallest absolute Gasteiger partial charge is 0.337 e. The number of benzene rings is 1. The third kappa shape index (κ3) is 3.29. The van der Waals surface area contributed by atoms with E-state index in [0.29, 0.717) is 15.9 Å². The highest BCUT2D eigenvalue weighted by Gasteiger charge is 2.10. The van der Waals surface area contributed by atoms with Crippen molar-refractivity contribution in [3.8, 4) is 0 Å². The Morgan fingerprint density at radius 3 is 2.89 bits per heavy atom. The van der Waals surface area contributed by atoms with Gasteiger partial charge in [0.2, 0.25) is 0 Å². The maximum absolute atomic E-state index is 13.1. The SMILES string of the molecule is O=C(O)c1cccnc1CNc1ccc(F)c(Br)c1. The van der Waals surface area contributed by atoms with Crippen molar-refractivity contribution in [2.75, 3.05) is 5.32 Å². The summed E-state index contributed by atoms with van der Waals surface area (Å²) in [5.74, 6) is -1.38. The molecule has 0 unspecified atom stereocenters. The van der Waals surface area contributed by atoms with E-state index in [1.54, 1.807) is 18.2 Å². The Balaban J connectivity index is 2.14. The van der Waals surface area contributed by atoms with Crippen LogP contribution in [0.1, 0.15) is 16.1 Å². The van der Waals surface area contributed by atoms with Crippen LogP contribution in [0.4, 0.5) is 10.1 Å². The van der Waals surface area contributed by atoms with Crippen molar-refractivity contribution in [2.24, 2.45) is 0 Å². The molecule has 0 saturated heterocycles. The monoisotopic (exact) mass is 324 g/mol. The van der Waals surface area contributed by atoms with E-state index in [1.165, 1.54) is 18.3 Å². The fraction of sp³-hybridized carbons (Fsp3) is 0.0769. The number of nitrogens with zero attached hydrogens (tertiary/aromatic N) is 1. The van der Waals surface area contributed by atoms with Gasteiger partial charge in [0.05, 0.1) is 22.3 Å². The second-order valence-corrected chi connectivity index (χ2v) is 4.64. The molecule has 1 aromatic heterocycles. The van der Waals surface area contributed by atoms with E-state index in [9.17, 15) is 9.18 Å². The summed E-state index contributed by atoms with van der Waals surface area (Å²) in [6.45, 7) is 0.251. The molecule has 0 aliphatic heterocycles.